The van der Waals surface area contributed by atoms with Gasteiger partial charge in [-0.25, -0.2) is 0 Å². The molecular formula is C31H36N2O4. The summed E-state index contributed by atoms with van der Waals surface area (Å²) in [4.78, 5) is 25.5. The molecule has 3 aromatic carbocycles. The van der Waals surface area contributed by atoms with E-state index in [1.165, 1.54) is 0 Å². The molecule has 2 N–H and O–H groups in total. The minimum Gasteiger partial charge on any atom is -0.454 e. The maximum absolute atomic E-state index is 13.4. The van der Waals surface area contributed by atoms with Crippen LogP contribution in [0.25, 0.3) is 11.1 Å². The number of nitrogens with one attached hydrogen (secondary N) is 2. The van der Waals surface area contributed by atoms with Gasteiger partial charge >= 0.3 is 0 Å². The van der Waals surface area contributed by atoms with Gasteiger partial charge in [0.25, 0.3) is 0 Å². The third-order valence-electron chi connectivity index (χ3n) is 7.05. The van der Waals surface area contributed by atoms with Gasteiger partial charge in [-0.05, 0) is 77.3 Å². The molecule has 0 radical (unpaired) electrons. The molecule has 1 fully saturated rings. The summed E-state index contributed by atoms with van der Waals surface area (Å²) in [7, 11) is 0. The van der Waals surface area contributed by atoms with Crippen molar-refractivity contribution in [3.63, 3.8) is 0 Å². The number of hydrogen-bond acceptors (Lipinski definition) is 4. The predicted molar refractivity (Wildman–Crippen MR) is 147 cm³/mol. The van der Waals surface area contributed by atoms with Crippen LogP contribution in [0.1, 0.15) is 58.2 Å². The summed E-state index contributed by atoms with van der Waals surface area (Å²) in [6.07, 6.45) is 2.12. The van der Waals surface area contributed by atoms with Crippen molar-refractivity contribution in [2.45, 2.75) is 58.9 Å². The van der Waals surface area contributed by atoms with Crippen LogP contribution in [0.3, 0.4) is 0 Å². The van der Waals surface area contributed by atoms with E-state index in [1.807, 2.05) is 48.5 Å². The van der Waals surface area contributed by atoms with Crippen LogP contribution in [0, 0.1) is 12.3 Å². The summed E-state index contributed by atoms with van der Waals surface area (Å²) in [5, 5.41) is 6.16. The molecule has 194 valence electrons. The maximum Gasteiger partial charge on any atom is 0.235 e. The van der Waals surface area contributed by atoms with E-state index in [0.717, 1.165) is 52.1 Å². The van der Waals surface area contributed by atoms with E-state index in [0.29, 0.717) is 18.7 Å². The van der Waals surface area contributed by atoms with Crippen LogP contribution in [-0.4, -0.2) is 18.6 Å². The Bertz CT molecular complexity index is 1340. The Labute approximate surface area is 219 Å². The van der Waals surface area contributed by atoms with Crippen LogP contribution >= 0.6 is 0 Å². The lowest BCUT2D eigenvalue weighted by molar-refractivity contribution is -0.123. The van der Waals surface area contributed by atoms with Crippen LogP contribution < -0.4 is 20.1 Å². The first-order valence-electron chi connectivity index (χ1n) is 12.8. The Morgan fingerprint density at radius 2 is 1.68 bits per heavy atom. The lowest BCUT2D eigenvalue weighted by Gasteiger charge is -2.18. The zero-order valence-electron chi connectivity index (χ0n) is 21.9. The number of aryl methyl sites for hydroxylation is 1. The molecule has 6 nitrogen and oxygen atoms in total. The molecule has 1 aliphatic heterocycles. The minimum atomic E-state index is -0.523. The van der Waals surface area contributed by atoms with Gasteiger partial charge < -0.3 is 20.1 Å². The van der Waals surface area contributed by atoms with E-state index >= 15 is 0 Å². The molecule has 5 rings (SSSR count). The van der Waals surface area contributed by atoms with E-state index in [9.17, 15) is 9.59 Å². The monoisotopic (exact) mass is 500 g/mol. The number of carbonyl (C=O) groups is 2. The molecule has 0 aromatic heterocycles. The molecule has 0 spiro atoms. The van der Waals surface area contributed by atoms with E-state index in [-0.39, 0.29) is 25.4 Å². The number of benzene rings is 3. The predicted octanol–water partition coefficient (Wildman–Crippen LogP) is 6.36. The van der Waals surface area contributed by atoms with Crippen molar-refractivity contribution in [1.29, 1.82) is 0 Å². The Morgan fingerprint density at radius 1 is 0.946 bits per heavy atom. The van der Waals surface area contributed by atoms with Gasteiger partial charge in [-0.2, -0.15) is 0 Å². The second-order valence-corrected chi connectivity index (χ2v) is 11.3. The highest BCUT2D eigenvalue weighted by molar-refractivity contribution is 6.02. The standard InChI is InChI=1S/C31H34N2O4.H2/c1-20-5-11-24(33-29(35)31(13-14-31)23-10-12-26-27(15-23)37-19-36-26)16-25(20)22-8-6-21(7-9-22)18-32-28(34)17-30(2,3)4;/h5-12,15-16H,13-14,17-19H2,1-4H3,(H,32,34)(H,33,35);1H. The molecule has 1 heterocycles. The van der Waals surface area contributed by atoms with Gasteiger partial charge in [0, 0.05) is 20.1 Å². The lowest BCUT2D eigenvalue weighted by Crippen LogP contribution is -2.27. The third-order valence-corrected chi connectivity index (χ3v) is 7.05. The highest BCUT2D eigenvalue weighted by Crippen LogP contribution is 2.51. The van der Waals surface area contributed by atoms with Crippen molar-refractivity contribution in [2.75, 3.05) is 12.1 Å². The Balaban J connectivity index is 0.00000336. The minimum absolute atomic E-state index is 0. The molecule has 2 amide bonds. The quantitative estimate of drug-likeness (QED) is 0.396. The van der Waals surface area contributed by atoms with Crippen molar-refractivity contribution >= 4 is 17.5 Å². The summed E-state index contributed by atoms with van der Waals surface area (Å²) >= 11 is 0. The van der Waals surface area contributed by atoms with Gasteiger partial charge in [-0.1, -0.05) is 57.2 Å². The van der Waals surface area contributed by atoms with E-state index < -0.39 is 5.41 Å². The topological polar surface area (TPSA) is 76.7 Å². The maximum atomic E-state index is 13.4. The second-order valence-electron chi connectivity index (χ2n) is 11.3. The molecule has 6 heteroatoms. The van der Waals surface area contributed by atoms with Crippen molar-refractivity contribution in [3.8, 4) is 22.6 Å². The smallest absolute Gasteiger partial charge is 0.235 e. The first-order valence-corrected chi connectivity index (χ1v) is 12.8. The molecule has 1 aliphatic carbocycles. The number of amides is 2. The molecule has 0 saturated heterocycles. The van der Waals surface area contributed by atoms with Crippen LogP contribution in [0.2, 0.25) is 0 Å². The first kappa shape index (κ1) is 24.9. The van der Waals surface area contributed by atoms with Gasteiger partial charge in [0.15, 0.2) is 11.5 Å². The van der Waals surface area contributed by atoms with Crippen LogP contribution in [0.5, 0.6) is 11.5 Å². The van der Waals surface area contributed by atoms with Crippen molar-refractivity contribution in [3.05, 3.63) is 77.4 Å². The number of ether oxygens (including phenoxy) is 2. The zero-order chi connectivity index (χ0) is 26.2. The summed E-state index contributed by atoms with van der Waals surface area (Å²) in [6, 6.07) is 20.0. The van der Waals surface area contributed by atoms with Crippen LogP contribution in [0.4, 0.5) is 5.69 Å². The Hall–Kier alpha value is -3.80. The molecule has 0 atom stereocenters. The van der Waals surface area contributed by atoms with Gasteiger partial charge in [-0.15, -0.1) is 0 Å². The van der Waals surface area contributed by atoms with Gasteiger partial charge in [0.2, 0.25) is 18.6 Å². The normalized spacial score (nSPS) is 15.2. The molecule has 37 heavy (non-hydrogen) atoms. The fraction of sp³-hybridized carbons (Fsp3) is 0.355. The van der Waals surface area contributed by atoms with E-state index in [2.05, 4.69) is 50.5 Å². The van der Waals surface area contributed by atoms with Gasteiger partial charge in [-0.3, -0.25) is 9.59 Å². The number of rotatable bonds is 7. The van der Waals surface area contributed by atoms with Crippen molar-refractivity contribution in [1.82, 2.24) is 5.32 Å². The molecule has 3 aromatic rings. The van der Waals surface area contributed by atoms with Crippen LogP contribution in [-0.2, 0) is 21.5 Å². The van der Waals surface area contributed by atoms with Crippen molar-refractivity contribution < 1.29 is 20.5 Å². The molecule has 0 bridgehead atoms. The second kappa shape index (κ2) is 9.58. The highest BCUT2D eigenvalue weighted by atomic mass is 16.7. The molecule has 1 saturated carbocycles. The average molecular weight is 501 g/mol. The zero-order valence-corrected chi connectivity index (χ0v) is 21.9. The molecular weight excluding hydrogens is 464 g/mol. The summed E-state index contributed by atoms with van der Waals surface area (Å²) < 4.78 is 10.9. The SMILES string of the molecule is Cc1ccc(NC(=O)C2(c3ccc4c(c3)OCO4)CC2)cc1-c1ccc(CNC(=O)CC(C)(C)C)cc1.[HH]. The third kappa shape index (κ3) is 5.48. The number of carbonyl (C=O) groups excluding carboxylic acids is 2. The fourth-order valence-corrected chi connectivity index (χ4v) is 4.77. The number of hydrogen-bond donors (Lipinski definition) is 2. The summed E-state index contributed by atoms with van der Waals surface area (Å²) in [6.45, 7) is 8.96. The highest BCUT2D eigenvalue weighted by Gasteiger charge is 2.51. The Morgan fingerprint density at radius 3 is 2.38 bits per heavy atom. The van der Waals surface area contributed by atoms with E-state index in [1.54, 1.807) is 0 Å². The number of fused-ring (bicyclic) bond motifs is 1. The van der Waals surface area contributed by atoms with E-state index in [4.69, 9.17) is 9.47 Å². The Kier molecular flexibility index (Phi) is 6.44. The van der Waals surface area contributed by atoms with Gasteiger partial charge in [0.1, 0.15) is 0 Å². The largest absolute Gasteiger partial charge is 0.454 e. The first-order chi connectivity index (χ1) is 17.6. The molecule has 2 aliphatic rings. The van der Waals surface area contributed by atoms with Gasteiger partial charge in [0.05, 0.1) is 5.41 Å². The van der Waals surface area contributed by atoms with Crippen LogP contribution in [0.15, 0.2) is 60.7 Å². The summed E-state index contributed by atoms with van der Waals surface area (Å²) in [5.41, 5.74) is 5.49. The fourth-order valence-electron chi connectivity index (χ4n) is 4.77. The number of anilines is 1. The molecule has 0 unspecified atom stereocenters. The lowest BCUT2D eigenvalue weighted by atomic mass is 9.92. The average Bonchev–Trinajstić information content (AvgIpc) is 3.54. The summed E-state index contributed by atoms with van der Waals surface area (Å²) in [5.74, 6) is 1.49. The van der Waals surface area contributed by atoms with Crippen molar-refractivity contribution in [2.24, 2.45) is 5.41 Å².